The number of halogens is 1. The number of amides is 1. The Morgan fingerprint density at radius 3 is 2.62 bits per heavy atom. The zero-order valence-corrected chi connectivity index (χ0v) is 17.7. The molecule has 0 aliphatic heterocycles. The number of carbonyl (C=O) groups is 1. The van der Waals surface area contributed by atoms with Gasteiger partial charge in [-0.05, 0) is 63.6 Å². The molecule has 0 fully saturated rings. The number of fused-ring (bicyclic) bond motifs is 1. The number of aromatic amines is 1. The second kappa shape index (κ2) is 8.66. The van der Waals surface area contributed by atoms with Crippen molar-refractivity contribution in [2.24, 2.45) is 0 Å². The minimum absolute atomic E-state index is 0.100. The van der Waals surface area contributed by atoms with Crippen LogP contribution in [-0.4, -0.2) is 32.9 Å². The molecule has 0 aliphatic carbocycles. The van der Waals surface area contributed by atoms with Gasteiger partial charge in [-0.2, -0.15) is 0 Å². The minimum Gasteiger partial charge on any atom is -0.481 e. The van der Waals surface area contributed by atoms with Gasteiger partial charge in [-0.25, -0.2) is 4.98 Å². The molecule has 0 aliphatic rings. The molecular weight excluding hydrogens is 390 g/mol. The Morgan fingerprint density at radius 2 is 1.93 bits per heavy atom. The van der Waals surface area contributed by atoms with Gasteiger partial charge in [0, 0.05) is 11.1 Å². The van der Waals surface area contributed by atoms with E-state index < -0.39 is 6.10 Å². The number of nitrogens with one attached hydrogen (secondary N) is 1. The van der Waals surface area contributed by atoms with Crippen molar-refractivity contribution in [3.05, 3.63) is 69.2 Å². The van der Waals surface area contributed by atoms with Crippen LogP contribution >= 0.6 is 11.6 Å². The summed E-state index contributed by atoms with van der Waals surface area (Å²) in [7, 11) is 0. The molecule has 0 spiro atoms. The fourth-order valence-corrected chi connectivity index (χ4v) is 3.33. The zero-order chi connectivity index (χ0) is 21.1. The Bertz CT molecular complexity index is 1090. The van der Waals surface area contributed by atoms with E-state index in [0.717, 1.165) is 5.56 Å². The Labute approximate surface area is 174 Å². The number of hydrogen-bond acceptors (Lipinski definition) is 4. The van der Waals surface area contributed by atoms with Gasteiger partial charge >= 0.3 is 0 Å². The number of aromatic nitrogens is 2. The van der Waals surface area contributed by atoms with E-state index in [2.05, 4.69) is 9.97 Å². The predicted octanol–water partition coefficient (Wildman–Crippen LogP) is 4.09. The van der Waals surface area contributed by atoms with Gasteiger partial charge in [0.05, 0.1) is 17.4 Å². The van der Waals surface area contributed by atoms with Crippen LogP contribution in [0.2, 0.25) is 5.02 Å². The maximum absolute atomic E-state index is 13.1. The third kappa shape index (κ3) is 4.77. The number of rotatable bonds is 6. The molecule has 6 nitrogen and oxygen atoms in total. The number of aryl methyl sites for hydroxylation is 1. The van der Waals surface area contributed by atoms with Gasteiger partial charge in [-0.3, -0.25) is 9.59 Å². The Balaban J connectivity index is 1.82. The summed E-state index contributed by atoms with van der Waals surface area (Å²) < 4.78 is 5.88. The van der Waals surface area contributed by atoms with Crippen molar-refractivity contribution in [1.82, 2.24) is 14.9 Å². The summed E-state index contributed by atoms with van der Waals surface area (Å²) >= 11 is 5.99. The van der Waals surface area contributed by atoms with Gasteiger partial charge < -0.3 is 14.6 Å². The maximum atomic E-state index is 13.1. The topological polar surface area (TPSA) is 75.3 Å². The Morgan fingerprint density at radius 1 is 1.21 bits per heavy atom. The largest absolute Gasteiger partial charge is 0.481 e. The quantitative estimate of drug-likeness (QED) is 0.660. The van der Waals surface area contributed by atoms with Gasteiger partial charge in [0.2, 0.25) is 0 Å². The number of H-pyrrole nitrogens is 1. The highest BCUT2D eigenvalue weighted by molar-refractivity contribution is 6.30. The summed E-state index contributed by atoms with van der Waals surface area (Å²) in [5, 5.41) is 1.14. The van der Waals surface area contributed by atoms with Crippen molar-refractivity contribution in [2.45, 2.75) is 46.4 Å². The number of ether oxygens (including phenoxy) is 1. The van der Waals surface area contributed by atoms with Crippen LogP contribution in [0, 0.1) is 6.92 Å². The average Bonchev–Trinajstić information content (AvgIpc) is 2.67. The SMILES string of the molecule is Cc1cc(Cl)ccc1OC(C)C(=O)N(Cc1nc2ccccc2c(=O)[nH]1)C(C)C. The smallest absolute Gasteiger partial charge is 0.263 e. The highest BCUT2D eigenvalue weighted by Gasteiger charge is 2.26. The van der Waals surface area contributed by atoms with E-state index >= 15 is 0 Å². The van der Waals surface area contributed by atoms with Crippen molar-refractivity contribution >= 4 is 28.4 Å². The molecule has 1 N–H and O–H groups in total. The average molecular weight is 414 g/mol. The number of benzene rings is 2. The van der Waals surface area contributed by atoms with Crippen LogP contribution < -0.4 is 10.3 Å². The van der Waals surface area contributed by atoms with Crippen molar-refractivity contribution < 1.29 is 9.53 Å². The van der Waals surface area contributed by atoms with E-state index in [-0.39, 0.29) is 24.1 Å². The van der Waals surface area contributed by atoms with E-state index in [0.29, 0.717) is 27.5 Å². The molecule has 0 radical (unpaired) electrons. The van der Waals surface area contributed by atoms with Crippen LogP contribution in [0.4, 0.5) is 0 Å². The summed E-state index contributed by atoms with van der Waals surface area (Å²) in [5.74, 6) is 0.854. The zero-order valence-electron chi connectivity index (χ0n) is 16.9. The van der Waals surface area contributed by atoms with Crippen molar-refractivity contribution in [1.29, 1.82) is 0 Å². The molecule has 1 heterocycles. The molecule has 0 saturated heterocycles. The van der Waals surface area contributed by atoms with E-state index in [4.69, 9.17) is 16.3 Å². The highest BCUT2D eigenvalue weighted by atomic mass is 35.5. The van der Waals surface area contributed by atoms with Crippen LogP contribution in [0.25, 0.3) is 10.9 Å². The summed E-state index contributed by atoms with van der Waals surface area (Å²) in [6, 6.07) is 12.3. The van der Waals surface area contributed by atoms with Gasteiger partial charge in [-0.15, -0.1) is 0 Å². The third-order valence-electron chi connectivity index (χ3n) is 4.68. The van der Waals surface area contributed by atoms with Crippen LogP contribution in [-0.2, 0) is 11.3 Å². The Kier molecular flexibility index (Phi) is 6.23. The van der Waals surface area contributed by atoms with Crippen LogP contribution in [0.5, 0.6) is 5.75 Å². The molecule has 3 rings (SSSR count). The lowest BCUT2D eigenvalue weighted by molar-refractivity contribution is -0.140. The van der Waals surface area contributed by atoms with Crippen molar-refractivity contribution in [3.63, 3.8) is 0 Å². The maximum Gasteiger partial charge on any atom is 0.263 e. The lowest BCUT2D eigenvalue weighted by Crippen LogP contribution is -2.44. The normalized spacial score (nSPS) is 12.2. The Hall–Kier alpha value is -2.86. The lowest BCUT2D eigenvalue weighted by atomic mass is 10.2. The number of nitrogens with zero attached hydrogens (tertiary/aromatic N) is 2. The molecule has 0 bridgehead atoms. The standard InChI is InChI=1S/C22H24ClN3O3/c1-13(2)26(12-20-24-18-8-6-5-7-17(18)21(27)25-20)22(28)15(4)29-19-10-9-16(23)11-14(19)3/h5-11,13,15H,12H2,1-4H3,(H,24,25,27). The number of para-hydroxylation sites is 1. The number of hydrogen-bond donors (Lipinski definition) is 1. The third-order valence-corrected chi connectivity index (χ3v) is 4.91. The first-order valence-electron chi connectivity index (χ1n) is 9.47. The molecule has 3 aromatic rings. The van der Waals surface area contributed by atoms with E-state index in [1.807, 2.05) is 26.8 Å². The number of carbonyl (C=O) groups excluding carboxylic acids is 1. The molecule has 1 atom stereocenters. The van der Waals surface area contributed by atoms with Crippen LogP contribution in [0.15, 0.2) is 47.3 Å². The molecule has 1 amide bonds. The van der Waals surface area contributed by atoms with Crippen LogP contribution in [0.3, 0.4) is 0 Å². The van der Waals surface area contributed by atoms with E-state index in [9.17, 15) is 9.59 Å². The monoisotopic (exact) mass is 413 g/mol. The molecule has 29 heavy (non-hydrogen) atoms. The molecule has 152 valence electrons. The second-order valence-electron chi connectivity index (χ2n) is 7.26. The van der Waals surface area contributed by atoms with Gasteiger partial charge in [0.25, 0.3) is 11.5 Å². The summed E-state index contributed by atoms with van der Waals surface area (Å²) in [5.41, 5.74) is 1.24. The summed E-state index contributed by atoms with van der Waals surface area (Å²) in [6.07, 6.45) is -0.704. The second-order valence-corrected chi connectivity index (χ2v) is 7.70. The molecule has 1 unspecified atom stereocenters. The van der Waals surface area contributed by atoms with E-state index in [1.54, 1.807) is 48.2 Å². The first-order chi connectivity index (χ1) is 13.8. The fourth-order valence-electron chi connectivity index (χ4n) is 3.11. The predicted molar refractivity (Wildman–Crippen MR) is 114 cm³/mol. The minimum atomic E-state index is -0.704. The first-order valence-corrected chi connectivity index (χ1v) is 9.85. The molecular formula is C22H24ClN3O3. The van der Waals surface area contributed by atoms with Gasteiger partial charge in [0.1, 0.15) is 11.6 Å². The van der Waals surface area contributed by atoms with Crippen LogP contribution in [0.1, 0.15) is 32.2 Å². The summed E-state index contributed by atoms with van der Waals surface area (Å²) in [6.45, 7) is 7.60. The molecule has 2 aromatic carbocycles. The summed E-state index contributed by atoms with van der Waals surface area (Å²) in [4.78, 5) is 34.3. The van der Waals surface area contributed by atoms with Gasteiger partial charge in [-0.1, -0.05) is 23.7 Å². The lowest BCUT2D eigenvalue weighted by Gasteiger charge is -2.29. The first kappa shape index (κ1) is 20.9. The molecule has 1 aromatic heterocycles. The molecule has 7 heteroatoms. The molecule has 0 saturated carbocycles. The fraction of sp³-hybridized carbons (Fsp3) is 0.318. The highest BCUT2D eigenvalue weighted by Crippen LogP contribution is 2.23. The van der Waals surface area contributed by atoms with E-state index in [1.165, 1.54) is 0 Å². The van der Waals surface area contributed by atoms with Crippen molar-refractivity contribution in [3.8, 4) is 5.75 Å². The van der Waals surface area contributed by atoms with Gasteiger partial charge in [0.15, 0.2) is 6.10 Å². The van der Waals surface area contributed by atoms with Crippen molar-refractivity contribution in [2.75, 3.05) is 0 Å².